The molecule has 0 aromatic heterocycles. The van der Waals surface area contributed by atoms with E-state index >= 15 is 0 Å². The van der Waals surface area contributed by atoms with Gasteiger partial charge in [-0.25, -0.2) is 4.99 Å². The number of nitrogens with one attached hydrogen (secondary N) is 1. The zero-order valence-electron chi connectivity index (χ0n) is 15.4. The van der Waals surface area contributed by atoms with Gasteiger partial charge >= 0.3 is 0 Å². The summed E-state index contributed by atoms with van der Waals surface area (Å²) in [6, 6.07) is 10.3. The Labute approximate surface area is 168 Å². The Hall–Kier alpha value is -1.35. The first-order chi connectivity index (χ1) is 11.6. The molecule has 1 aliphatic heterocycles. The van der Waals surface area contributed by atoms with Crippen molar-refractivity contribution in [2.75, 3.05) is 53.4 Å². The molecule has 6 nitrogen and oxygen atoms in total. The third-order valence-corrected chi connectivity index (χ3v) is 4.21. The van der Waals surface area contributed by atoms with Crippen LogP contribution in [0.1, 0.15) is 12.5 Å². The number of carbonyl (C=O) groups is 1. The molecule has 2 rings (SSSR count). The predicted molar refractivity (Wildman–Crippen MR) is 113 cm³/mol. The van der Waals surface area contributed by atoms with Gasteiger partial charge in [-0.2, -0.15) is 0 Å². The van der Waals surface area contributed by atoms with Crippen LogP contribution >= 0.6 is 24.0 Å². The fourth-order valence-corrected chi connectivity index (χ4v) is 2.72. The van der Waals surface area contributed by atoms with Crippen molar-refractivity contribution in [3.05, 3.63) is 35.9 Å². The van der Waals surface area contributed by atoms with Crippen LogP contribution in [0, 0.1) is 0 Å². The van der Waals surface area contributed by atoms with E-state index in [9.17, 15) is 4.79 Å². The van der Waals surface area contributed by atoms with Crippen molar-refractivity contribution < 1.29 is 4.79 Å². The summed E-state index contributed by atoms with van der Waals surface area (Å²) in [4.78, 5) is 22.3. The van der Waals surface area contributed by atoms with E-state index in [1.807, 2.05) is 42.1 Å². The standard InChI is InChI=1S/C18H29N5O.HI/c1-16(24)23-13-11-22(12-14-23)10-9-19-18(21(2)3)20-15-17-7-5-4-6-8-17;/h4-8H,9-15H2,1-3H3,(H,19,20);1H. The van der Waals surface area contributed by atoms with E-state index in [-0.39, 0.29) is 29.9 Å². The second-order valence-corrected chi connectivity index (χ2v) is 6.29. The molecule has 0 saturated carbocycles. The fourth-order valence-electron chi connectivity index (χ4n) is 2.72. The monoisotopic (exact) mass is 459 g/mol. The largest absolute Gasteiger partial charge is 0.355 e. The first-order valence-electron chi connectivity index (χ1n) is 8.53. The van der Waals surface area contributed by atoms with E-state index in [1.165, 1.54) is 5.56 Å². The number of amides is 1. The molecule has 140 valence electrons. The highest BCUT2D eigenvalue weighted by atomic mass is 127. The van der Waals surface area contributed by atoms with Gasteiger partial charge in [-0.3, -0.25) is 9.69 Å². The van der Waals surface area contributed by atoms with Crippen LogP contribution in [0.15, 0.2) is 35.3 Å². The van der Waals surface area contributed by atoms with Crippen molar-refractivity contribution in [3.63, 3.8) is 0 Å². The average molecular weight is 459 g/mol. The maximum atomic E-state index is 11.3. The van der Waals surface area contributed by atoms with Crippen molar-refractivity contribution >= 4 is 35.8 Å². The van der Waals surface area contributed by atoms with Gasteiger partial charge in [0.05, 0.1) is 6.54 Å². The number of guanidine groups is 1. The molecule has 1 saturated heterocycles. The number of hydrogen-bond acceptors (Lipinski definition) is 3. The Morgan fingerprint density at radius 1 is 1.16 bits per heavy atom. The summed E-state index contributed by atoms with van der Waals surface area (Å²) in [6.07, 6.45) is 0. The Bertz CT molecular complexity index is 542. The number of halogens is 1. The van der Waals surface area contributed by atoms with Crippen LogP contribution in [0.3, 0.4) is 0 Å². The zero-order valence-corrected chi connectivity index (χ0v) is 17.8. The Morgan fingerprint density at radius 3 is 2.36 bits per heavy atom. The molecular formula is C18H30IN5O. The number of aliphatic imine (C=N–C) groups is 1. The fraction of sp³-hybridized carbons (Fsp3) is 0.556. The number of hydrogen-bond donors (Lipinski definition) is 1. The van der Waals surface area contributed by atoms with Crippen molar-refractivity contribution in [1.82, 2.24) is 20.0 Å². The molecule has 1 N–H and O–H groups in total. The molecule has 0 spiro atoms. The lowest BCUT2D eigenvalue weighted by molar-refractivity contribution is -0.130. The lowest BCUT2D eigenvalue weighted by Gasteiger charge is -2.34. The summed E-state index contributed by atoms with van der Waals surface area (Å²) in [5, 5.41) is 3.42. The van der Waals surface area contributed by atoms with Gasteiger partial charge in [-0.15, -0.1) is 24.0 Å². The highest BCUT2D eigenvalue weighted by Crippen LogP contribution is 2.02. The van der Waals surface area contributed by atoms with Crippen LogP contribution in [-0.4, -0.2) is 79.9 Å². The first kappa shape index (κ1) is 21.7. The molecule has 0 aliphatic carbocycles. The van der Waals surface area contributed by atoms with E-state index in [0.29, 0.717) is 6.54 Å². The van der Waals surface area contributed by atoms with Crippen LogP contribution in [0.2, 0.25) is 0 Å². The highest BCUT2D eigenvalue weighted by molar-refractivity contribution is 14.0. The predicted octanol–water partition coefficient (Wildman–Crippen LogP) is 1.48. The lowest BCUT2D eigenvalue weighted by atomic mass is 10.2. The minimum atomic E-state index is 0. The van der Waals surface area contributed by atoms with Gasteiger partial charge in [0.25, 0.3) is 0 Å². The van der Waals surface area contributed by atoms with Crippen molar-refractivity contribution in [1.29, 1.82) is 0 Å². The molecule has 7 heteroatoms. The normalized spacial score (nSPS) is 15.5. The van der Waals surface area contributed by atoms with Crippen molar-refractivity contribution in [2.24, 2.45) is 4.99 Å². The Kier molecular flexibility index (Phi) is 9.81. The lowest BCUT2D eigenvalue weighted by Crippen LogP contribution is -2.50. The number of piperazine rings is 1. The van der Waals surface area contributed by atoms with E-state index in [4.69, 9.17) is 0 Å². The summed E-state index contributed by atoms with van der Waals surface area (Å²) in [5.41, 5.74) is 1.21. The molecule has 1 aliphatic rings. The average Bonchev–Trinajstić information content (AvgIpc) is 2.59. The molecular weight excluding hydrogens is 429 g/mol. The van der Waals surface area contributed by atoms with Gasteiger partial charge in [0.1, 0.15) is 0 Å². The molecule has 1 fully saturated rings. The number of nitrogens with zero attached hydrogens (tertiary/aromatic N) is 4. The molecule has 0 unspecified atom stereocenters. The smallest absolute Gasteiger partial charge is 0.219 e. The topological polar surface area (TPSA) is 51.2 Å². The third-order valence-electron chi connectivity index (χ3n) is 4.21. The van der Waals surface area contributed by atoms with E-state index < -0.39 is 0 Å². The van der Waals surface area contributed by atoms with Crippen LogP contribution in [0.5, 0.6) is 0 Å². The SMILES string of the molecule is CC(=O)N1CCN(CCNC(=NCc2ccccc2)N(C)C)CC1.I. The maximum absolute atomic E-state index is 11.3. The van der Waals surface area contributed by atoms with Crippen molar-refractivity contribution in [2.45, 2.75) is 13.5 Å². The molecule has 0 radical (unpaired) electrons. The van der Waals surface area contributed by atoms with Gasteiger partial charge in [0, 0.05) is 60.3 Å². The minimum absolute atomic E-state index is 0. The molecule has 1 aromatic rings. The molecule has 1 aromatic carbocycles. The molecule has 25 heavy (non-hydrogen) atoms. The molecule has 0 bridgehead atoms. The van der Waals surface area contributed by atoms with Crippen LogP contribution in [0.25, 0.3) is 0 Å². The van der Waals surface area contributed by atoms with Crippen LogP contribution in [-0.2, 0) is 11.3 Å². The van der Waals surface area contributed by atoms with Gasteiger partial charge in [-0.05, 0) is 5.56 Å². The number of carbonyl (C=O) groups excluding carboxylic acids is 1. The third kappa shape index (κ3) is 7.60. The quantitative estimate of drug-likeness (QED) is 0.412. The van der Waals surface area contributed by atoms with E-state index in [0.717, 1.165) is 45.2 Å². The van der Waals surface area contributed by atoms with Crippen LogP contribution in [0.4, 0.5) is 0 Å². The highest BCUT2D eigenvalue weighted by Gasteiger charge is 2.17. The summed E-state index contributed by atoms with van der Waals surface area (Å²) in [7, 11) is 4.00. The van der Waals surface area contributed by atoms with E-state index in [1.54, 1.807) is 6.92 Å². The molecule has 1 heterocycles. The van der Waals surface area contributed by atoms with Gasteiger partial charge in [0.15, 0.2) is 5.96 Å². The second-order valence-electron chi connectivity index (χ2n) is 6.29. The molecule has 0 atom stereocenters. The van der Waals surface area contributed by atoms with Crippen LogP contribution < -0.4 is 5.32 Å². The van der Waals surface area contributed by atoms with E-state index in [2.05, 4.69) is 27.3 Å². The van der Waals surface area contributed by atoms with Crippen molar-refractivity contribution in [3.8, 4) is 0 Å². The maximum Gasteiger partial charge on any atom is 0.219 e. The zero-order chi connectivity index (χ0) is 17.4. The molecule has 1 amide bonds. The van der Waals surface area contributed by atoms with Gasteiger partial charge in [-0.1, -0.05) is 30.3 Å². The second kappa shape index (κ2) is 11.3. The Balaban J connectivity index is 0.00000312. The summed E-state index contributed by atoms with van der Waals surface area (Å²) < 4.78 is 0. The minimum Gasteiger partial charge on any atom is -0.355 e. The first-order valence-corrected chi connectivity index (χ1v) is 8.53. The summed E-state index contributed by atoms with van der Waals surface area (Å²) in [5.74, 6) is 1.08. The number of benzene rings is 1. The van der Waals surface area contributed by atoms with Gasteiger partial charge in [0.2, 0.25) is 5.91 Å². The summed E-state index contributed by atoms with van der Waals surface area (Å²) in [6.45, 7) is 7.69. The van der Waals surface area contributed by atoms with Gasteiger partial charge < -0.3 is 15.1 Å². The summed E-state index contributed by atoms with van der Waals surface area (Å²) >= 11 is 0. The number of rotatable bonds is 5. The Morgan fingerprint density at radius 2 is 1.80 bits per heavy atom.